The second-order valence-electron chi connectivity index (χ2n) is 7.69. The molecule has 2 aromatic carbocycles. The van der Waals surface area contributed by atoms with Gasteiger partial charge in [-0.1, -0.05) is 23.8 Å². The lowest BCUT2D eigenvalue weighted by Crippen LogP contribution is -2.47. The number of aliphatic hydroxyl groups is 1. The molecule has 0 aliphatic carbocycles. The number of nitrogens with one attached hydrogen (secondary N) is 1. The third-order valence-electron chi connectivity index (χ3n) is 5.75. The highest BCUT2D eigenvalue weighted by Crippen LogP contribution is 2.31. The molecule has 2 heterocycles. The molecule has 0 bridgehead atoms. The van der Waals surface area contributed by atoms with Crippen LogP contribution in [-0.4, -0.2) is 54.8 Å². The Morgan fingerprint density at radius 3 is 2.57 bits per heavy atom. The SMILES string of the molecule is COc1ccccc1N1CCN(C[C@H](O)c2c(C)[nH]c3ccc(C)cc23)CC1. The van der Waals surface area contributed by atoms with Gasteiger partial charge in [-0.25, -0.2) is 0 Å². The van der Waals surface area contributed by atoms with Crippen LogP contribution in [0.15, 0.2) is 42.5 Å². The average Bonchev–Trinajstić information content (AvgIpc) is 3.03. The van der Waals surface area contributed by atoms with E-state index in [0.717, 1.165) is 59.8 Å². The molecule has 1 aliphatic heterocycles. The monoisotopic (exact) mass is 379 g/mol. The molecule has 1 aliphatic rings. The first-order chi connectivity index (χ1) is 13.6. The van der Waals surface area contributed by atoms with Crippen molar-refractivity contribution in [3.05, 3.63) is 59.3 Å². The van der Waals surface area contributed by atoms with Crippen molar-refractivity contribution in [1.29, 1.82) is 0 Å². The number of hydrogen-bond donors (Lipinski definition) is 2. The van der Waals surface area contributed by atoms with E-state index in [1.807, 2.05) is 19.1 Å². The number of rotatable bonds is 5. The number of aliphatic hydroxyl groups excluding tert-OH is 1. The highest BCUT2D eigenvalue weighted by atomic mass is 16.5. The maximum atomic E-state index is 11.0. The lowest BCUT2D eigenvalue weighted by atomic mass is 10.0. The Balaban J connectivity index is 1.44. The number of hydrogen-bond acceptors (Lipinski definition) is 4. The fourth-order valence-corrected chi connectivity index (χ4v) is 4.29. The molecule has 0 radical (unpaired) electrons. The Morgan fingerprint density at radius 2 is 1.82 bits per heavy atom. The molecule has 148 valence electrons. The number of piperazine rings is 1. The molecule has 1 saturated heterocycles. The van der Waals surface area contributed by atoms with Crippen LogP contribution in [0.5, 0.6) is 5.75 Å². The molecular formula is C23H29N3O2. The molecule has 4 rings (SSSR count). The van der Waals surface area contributed by atoms with Gasteiger partial charge < -0.3 is 19.7 Å². The van der Waals surface area contributed by atoms with Gasteiger partial charge in [0.2, 0.25) is 0 Å². The van der Waals surface area contributed by atoms with Crippen molar-refractivity contribution in [2.24, 2.45) is 0 Å². The second kappa shape index (κ2) is 7.86. The number of aromatic nitrogens is 1. The molecule has 5 nitrogen and oxygen atoms in total. The van der Waals surface area contributed by atoms with E-state index in [-0.39, 0.29) is 0 Å². The number of methoxy groups -OCH3 is 1. The predicted molar refractivity (Wildman–Crippen MR) is 114 cm³/mol. The molecule has 3 aromatic rings. The minimum absolute atomic E-state index is 0.492. The normalized spacial score (nSPS) is 16.5. The zero-order chi connectivity index (χ0) is 19.7. The lowest BCUT2D eigenvalue weighted by molar-refractivity contribution is 0.110. The summed E-state index contributed by atoms with van der Waals surface area (Å²) in [6.07, 6.45) is -0.492. The average molecular weight is 380 g/mol. The van der Waals surface area contributed by atoms with Gasteiger partial charge in [-0.2, -0.15) is 0 Å². The molecule has 28 heavy (non-hydrogen) atoms. The summed E-state index contributed by atoms with van der Waals surface area (Å²) < 4.78 is 5.50. The molecule has 1 fully saturated rings. The van der Waals surface area contributed by atoms with E-state index in [4.69, 9.17) is 4.74 Å². The van der Waals surface area contributed by atoms with Gasteiger partial charge in [-0.15, -0.1) is 0 Å². The molecular weight excluding hydrogens is 350 g/mol. The van der Waals surface area contributed by atoms with Crippen LogP contribution in [0.25, 0.3) is 10.9 Å². The maximum absolute atomic E-state index is 11.0. The van der Waals surface area contributed by atoms with E-state index in [1.54, 1.807) is 7.11 Å². The largest absolute Gasteiger partial charge is 0.495 e. The zero-order valence-corrected chi connectivity index (χ0v) is 16.9. The number of aromatic amines is 1. The van der Waals surface area contributed by atoms with Crippen molar-refractivity contribution in [3.8, 4) is 5.75 Å². The Kier molecular flexibility index (Phi) is 5.29. The number of benzene rings is 2. The van der Waals surface area contributed by atoms with Crippen LogP contribution >= 0.6 is 0 Å². The number of aryl methyl sites for hydroxylation is 2. The minimum Gasteiger partial charge on any atom is -0.495 e. The van der Waals surface area contributed by atoms with Gasteiger partial charge in [0.1, 0.15) is 5.75 Å². The summed E-state index contributed by atoms with van der Waals surface area (Å²) in [5.74, 6) is 0.917. The summed E-state index contributed by atoms with van der Waals surface area (Å²) in [6, 6.07) is 14.5. The molecule has 0 spiro atoms. The Labute approximate surface area is 166 Å². The van der Waals surface area contributed by atoms with Crippen LogP contribution in [0.3, 0.4) is 0 Å². The van der Waals surface area contributed by atoms with Crippen molar-refractivity contribution in [3.63, 3.8) is 0 Å². The van der Waals surface area contributed by atoms with Crippen molar-refractivity contribution in [2.45, 2.75) is 20.0 Å². The highest BCUT2D eigenvalue weighted by molar-refractivity contribution is 5.85. The number of β-amino-alcohol motifs (C(OH)–C–C–N with tert-alkyl or cyclic N) is 1. The van der Waals surface area contributed by atoms with Crippen LogP contribution in [0.2, 0.25) is 0 Å². The van der Waals surface area contributed by atoms with E-state index >= 15 is 0 Å². The van der Waals surface area contributed by atoms with Gasteiger partial charge in [-0.3, -0.25) is 4.90 Å². The van der Waals surface area contributed by atoms with E-state index < -0.39 is 6.10 Å². The van der Waals surface area contributed by atoms with Crippen molar-refractivity contribution in [1.82, 2.24) is 9.88 Å². The standard InChI is InChI=1S/C23H29N3O2/c1-16-8-9-19-18(14-16)23(17(2)24-19)21(27)15-25-10-12-26(13-11-25)20-6-4-5-7-22(20)28-3/h4-9,14,21,24,27H,10-13,15H2,1-3H3/t21-/m0/s1. The van der Waals surface area contributed by atoms with Crippen LogP contribution < -0.4 is 9.64 Å². The number of H-pyrrole nitrogens is 1. The van der Waals surface area contributed by atoms with Gasteiger partial charge in [0.05, 0.1) is 18.9 Å². The second-order valence-corrected chi connectivity index (χ2v) is 7.69. The summed E-state index contributed by atoms with van der Waals surface area (Å²) in [5.41, 5.74) is 5.54. The smallest absolute Gasteiger partial charge is 0.142 e. The summed E-state index contributed by atoms with van der Waals surface area (Å²) in [7, 11) is 1.72. The number of para-hydroxylation sites is 2. The molecule has 5 heteroatoms. The fraction of sp³-hybridized carbons (Fsp3) is 0.391. The Morgan fingerprint density at radius 1 is 1.07 bits per heavy atom. The van der Waals surface area contributed by atoms with Crippen molar-refractivity contribution >= 4 is 16.6 Å². The van der Waals surface area contributed by atoms with Gasteiger partial charge in [-0.05, 0) is 38.1 Å². The first-order valence-corrected chi connectivity index (χ1v) is 9.94. The lowest BCUT2D eigenvalue weighted by Gasteiger charge is -2.37. The van der Waals surface area contributed by atoms with Gasteiger partial charge in [0.15, 0.2) is 0 Å². The molecule has 1 aromatic heterocycles. The Bertz CT molecular complexity index is 958. The quantitative estimate of drug-likeness (QED) is 0.711. The molecule has 1 atom stereocenters. The first-order valence-electron chi connectivity index (χ1n) is 9.94. The van der Waals surface area contributed by atoms with E-state index in [9.17, 15) is 5.11 Å². The topological polar surface area (TPSA) is 51.7 Å². The van der Waals surface area contributed by atoms with Gasteiger partial charge >= 0.3 is 0 Å². The zero-order valence-electron chi connectivity index (χ0n) is 16.9. The molecule has 2 N–H and O–H groups in total. The number of nitrogens with zero attached hydrogens (tertiary/aromatic N) is 2. The third kappa shape index (κ3) is 3.60. The molecule has 0 amide bonds. The van der Waals surface area contributed by atoms with E-state index in [1.165, 1.54) is 5.56 Å². The summed E-state index contributed by atoms with van der Waals surface area (Å²) in [4.78, 5) is 8.13. The van der Waals surface area contributed by atoms with Crippen molar-refractivity contribution in [2.75, 3.05) is 44.7 Å². The van der Waals surface area contributed by atoms with Crippen molar-refractivity contribution < 1.29 is 9.84 Å². The molecule has 0 saturated carbocycles. The number of fused-ring (bicyclic) bond motifs is 1. The number of ether oxygens (including phenoxy) is 1. The summed E-state index contributed by atoms with van der Waals surface area (Å²) in [5, 5.41) is 12.1. The van der Waals surface area contributed by atoms with Crippen LogP contribution in [0.1, 0.15) is 22.9 Å². The van der Waals surface area contributed by atoms with E-state index in [0.29, 0.717) is 6.54 Å². The summed E-state index contributed by atoms with van der Waals surface area (Å²) >= 11 is 0. The van der Waals surface area contributed by atoms with Crippen LogP contribution in [-0.2, 0) is 0 Å². The fourth-order valence-electron chi connectivity index (χ4n) is 4.29. The third-order valence-corrected chi connectivity index (χ3v) is 5.75. The van der Waals surface area contributed by atoms with E-state index in [2.05, 4.69) is 52.0 Å². The van der Waals surface area contributed by atoms with Crippen LogP contribution in [0.4, 0.5) is 5.69 Å². The van der Waals surface area contributed by atoms with Gasteiger partial charge in [0.25, 0.3) is 0 Å². The Hall–Kier alpha value is -2.50. The highest BCUT2D eigenvalue weighted by Gasteiger charge is 2.24. The molecule has 0 unspecified atom stereocenters. The maximum Gasteiger partial charge on any atom is 0.142 e. The first kappa shape index (κ1) is 18.8. The summed E-state index contributed by atoms with van der Waals surface area (Å²) in [6.45, 7) is 8.51. The number of anilines is 1. The van der Waals surface area contributed by atoms with Crippen LogP contribution in [0, 0.1) is 13.8 Å². The van der Waals surface area contributed by atoms with Gasteiger partial charge in [0, 0.05) is 54.9 Å². The minimum atomic E-state index is -0.492. The predicted octanol–water partition coefficient (Wildman–Crippen LogP) is 3.65.